The van der Waals surface area contributed by atoms with Gasteiger partial charge < -0.3 is 14.2 Å². The number of carbonyl (C=O) groups is 3. The smallest absolute Gasteiger partial charge is 0.306 e. The topological polar surface area (TPSA) is 78.9 Å². The first kappa shape index (κ1) is 76.9. The van der Waals surface area contributed by atoms with Gasteiger partial charge in [0, 0.05) is 19.3 Å². The van der Waals surface area contributed by atoms with Gasteiger partial charge in [-0.15, -0.1) is 0 Å². The third-order valence-electron chi connectivity index (χ3n) is 15.4. The van der Waals surface area contributed by atoms with Crippen molar-refractivity contribution in [1.29, 1.82) is 0 Å². The van der Waals surface area contributed by atoms with E-state index in [0.29, 0.717) is 19.3 Å². The van der Waals surface area contributed by atoms with Crippen molar-refractivity contribution in [1.82, 2.24) is 0 Å². The number of hydrogen-bond donors (Lipinski definition) is 0. The first-order valence-corrected chi connectivity index (χ1v) is 34.9. The molecule has 0 amide bonds. The van der Waals surface area contributed by atoms with Gasteiger partial charge in [0.25, 0.3) is 0 Å². The normalized spacial score (nSPS) is 12.5. The van der Waals surface area contributed by atoms with Gasteiger partial charge in [0.1, 0.15) is 13.2 Å². The minimum atomic E-state index is -0.783. The summed E-state index contributed by atoms with van der Waals surface area (Å²) in [4.78, 5) is 38.4. The van der Waals surface area contributed by atoms with Crippen LogP contribution in [0.15, 0.2) is 72.9 Å². The van der Waals surface area contributed by atoms with E-state index in [2.05, 4.69) is 93.7 Å². The zero-order valence-corrected chi connectivity index (χ0v) is 53.3. The summed E-state index contributed by atoms with van der Waals surface area (Å²) in [6.07, 6.45) is 89.3. The van der Waals surface area contributed by atoms with Gasteiger partial charge in [-0.1, -0.05) is 299 Å². The van der Waals surface area contributed by atoms with E-state index < -0.39 is 6.10 Å². The van der Waals surface area contributed by atoms with Crippen LogP contribution < -0.4 is 0 Å². The molecule has 464 valence electrons. The summed E-state index contributed by atoms with van der Waals surface area (Å²) < 4.78 is 16.9. The highest BCUT2D eigenvalue weighted by Gasteiger charge is 2.19. The van der Waals surface area contributed by atoms with Crippen LogP contribution in [0, 0.1) is 0 Å². The lowest BCUT2D eigenvalue weighted by Crippen LogP contribution is -2.30. The molecule has 1 unspecified atom stereocenters. The monoisotopic (exact) mass is 1120 g/mol. The highest BCUT2D eigenvalue weighted by Crippen LogP contribution is 2.17. The quantitative estimate of drug-likeness (QED) is 0.0261. The van der Waals surface area contributed by atoms with Crippen molar-refractivity contribution in [2.24, 2.45) is 0 Å². The van der Waals surface area contributed by atoms with Gasteiger partial charge in [-0.3, -0.25) is 14.4 Å². The zero-order chi connectivity index (χ0) is 57.8. The van der Waals surface area contributed by atoms with E-state index in [0.717, 1.165) is 89.9 Å². The second-order valence-electron chi connectivity index (χ2n) is 23.4. The summed E-state index contributed by atoms with van der Waals surface area (Å²) in [6, 6.07) is 0. The number of hydrogen-bond acceptors (Lipinski definition) is 6. The molecule has 0 aromatic carbocycles. The number of esters is 3. The zero-order valence-electron chi connectivity index (χ0n) is 53.3. The van der Waals surface area contributed by atoms with E-state index in [1.54, 1.807) is 0 Å². The van der Waals surface area contributed by atoms with Gasteiger partial charge in [-0.05, 0) is 116 Å². The van der Waals surface area contributed by atoms with Crippen LogP contribution in [0.25, 0.3) is 0 Å². The Labute approximate surface area is 497 Å². The van der Waals surface area contributed by atoms with E-state index in [1.165, 1.54) is 231 Å². The van der Waals surface area contributed by atoms with Crippen molar-refractivity contribution in [3.63, 3.8) is 0 Å². The molecular formula is C74H132O6. The Hall–Kier alpha value is -3.15. The van der Waals surface area contributed by atoms with E-state index in [-0.39, 0.29) is 31.1 Å². The molecule has 6 heteroatoms. The molecule has 1 atom stereocenters. The summed E-state index contributed by atoms with van der Waals surface area (Å²) in [6.45, 7) is 6.63. The summed E-state index contributed by atoms with van der Waals surface area (Å²) >= 11 is 0. The molecule has 0 fully saturated rings. The Bertz CT molecular complexity index is 1470. The third kappa shape index (κ3) is 65.7. The van der Waals surface area contributed by atoms with Gasteiger partial charge in [-0.25, -0.2) is 0 Å². The predicted octanol–water partition coefficient (Wildman–Crippen LogP) is 24.1. The number of unbranched alkanes of at least 4 members (excludes halogenated alkanes) is 41. The van der Waals surface area contributed by atoms with E-state index >= 15 is 0 Å². The van der Waals surface area contributed by atoms with Crippen molar-refractivity contribution in [3.05, 3.63) is 72.9 Å². The van der Waals surface area contributed by atoms with Crippen LogP contribution in [0.5, 0.6) is 0 Å². The first-order valence-electron chi connectivity index (χ1n) is 34.9. The molecule has 0 spiro atoms. The second kappa shape index (κ2) is 68.3. The summed E-state index contributed by atoms with van der Waals surface area (Å²) in [5, 5.41) is 0. The highest BCUT2D eigenvalue weighted by atomic mass is 16.6. The fourth-order valence-corrected chi connectivity index (χ4v) is 10.1. The average Bonchev–Trinajstić information content (AvgIpc) is 3.46. The maximum atomic E-state index is 12.9. The van der Waals surface area contributed by atoms with Crippen LogP contribution in [-0.4, -0.2) is 37.2 Å². The molecule has 80 heavy (non-hydrogen) atoms. The Morgan fingerprint density at radius 1 is 0.250 bits per heavy atom. The van der Waals surface area contributed by atoms with Crippen LogP contribution in [0.3, 0.4) is 0 Å². The lowest BCUT2D eigenvalue weighted by atomic mass is 10.0. The van der Waals surface area contributed by atoms with Crippen molar-refractivity contribution in [2.45, 2.75) is 367 Å². The van der Waals surface area contributed by atoms with E-state index in [9.17, 15) is 14.4 Å². The molecule has 0 saturated carbocycles. The largest absolute Gasteiger partial charge is 0.462 e. The molecule has 0 bridgehead atoms. The molecule has 6 nitrogen and oxygen atoms in total. The Morgan fingerprint density at radius 3 is 0.725 bits per heavy atom. The Balaban J connectivity index is 4.21. The highest BCUT2D eigenvalue weighted by molar-refractivity contribution is 5.71. The molecule has 0 rings (SSSR count). The van der Waals surface area contributed by atoms with Crippen molar-refractivity contribution in [3.8, 4) is 0 Å². The van der Waals surface area contributed by atoms with Crippen LogP contribution >= 0.6 is 0 Å². The molecule has 0 saturated heterocycles. The minimum Gasteiger partial charge on any atom is -0.462 e. The van der Waals surface area contributed by atoms with Crippen LogP contribution in [0.2, 0.25) is 0 Å². The molecule has 0 aromatic heterocycles. The lowest BCUT2D eigenvalue weighted by Gasteiger charge is -2.18. The van der Waals surface area contributed by atoms with Gasteiger partial charge in [0.15, 0.2) is 6.10 Å². The Morgan fingerprint density at radius 2 is 0.450 bits per heavy atom. The van der Waals surface area contributed by atoms with Crippen molar-refractivity contribution >= 4 is 17.9 Å². The standard InChI is InChI=1S/C74H132O6/c1-4-7-10-13-16-19-22-25-27-29-31-32-33-34-35-36-37-38-39-40-41-42-43-45-46-49-52-55-58-61-64-67-73(76)79-70-71(69-78-72(75)66-63-60-57-54-51-48-24-21-18-15-12-9-6-3)80-74(77)68-65-62-59-56-53-50-47-44-30-28-26-23-20-17-14-11-8-5-2/h20-25,28-31,33-34,71H,4-19,26-27,32,35-70H2,1-3H3/b23-20-,24-21-,25-22-,30-28-,31-29-,34-33-. The van der Waals surface area contributed by atoms with Crippen molar-refractivity contribution < 1.29 is 28.6 Å². The van der Waals surface area contributed by atoms with Gasteiger partial charge in [0.2, 0.25) is 0 Å². The van der Waals surface area contributed by atoms with Gasteiger partial charge >= 0.3 is 17.9 Å². The summed E-state index contributed by atoms with van der Waals surface area (Å²) in [7, 11) is 0. The number of carbonyl (C=O) groups excluding carboxylic acids is 3. The minimum absolute atomic E-state index is 0.0785. The van der Waals surface area contributed by atoms with E-state index in [1.807, 2.05) is 0 Å². The second-order valence-corrected chi connectivity index (χ2v) is 23.4. The SMILES string of the molecule is CCCCCC/C=C\C/C=C\CCCCCCCCCC(=O)OC(COC(=O)CCCCCCC/C=C\CCCCCC)COC(=O)CCCCCCCCCCCCCCCCCC/C=C\C/C=C\C/C=C\CCCCCCC. The average molecular weight is 1120 g/mol. The first-order chi connectivity index (χ1) is 39.5. The molecular weight excluding hydrogens is 985 g/mol. The van der Waals surface area contributed by atoms with Crippen molar-refractivity contribution in [2.75, 3.05) is 13.2 Å². The molecule has 0 aliphatic carbocycles. The molecule has 0 N–H and O–H groups in total. The molecule has 0 aliphatic rings. The molecule has 0 radical (unpaired) electrons. The van der Waals surface area contributed by atoms with Gasteiger partial charge in [-0.2, -0.15) is 0 Å². The molecule has 0 aromatic rings. The predicted molar refractivity (Wildman–Crippen MR) is 348 cm³/mol. The maximum Gasteiger partial charge on any atom is 0.306 e. The molecule has 0 aliphatic heterocycles. The van der Waals surface area contributed by atoms with Crippen LogP contribution in [-0.2, 0) is 28.6 Å². The fraction of sp³-hybridized carbons (Fsp3) is 0.797. The molecule has 0 heterocycles. The van der Waals surface area contributed by atoms with Crippen LogP contribution in [0.1, 0.15) is 361 Å². The Kier molecular flexibility index (Phi) is 65.7. The number of ether oxygens (including phenoxy) is 3. The lowest BCUT2D eigenvalue weighted by molar-refractivity contribution is -0.167. The van der Waals surface area contributed by atoms with Crippen LogP contribution in [0.4, 0.5) is 0 Å². The van der Waals surface area contributed by atoms with E-state index in [4.69, 9.17) is 14.2 Å². The number of allylic oxidation sites excluding steroid dienone is 12. The third-order valence-corrected chi connectivity index (χ3v) is 15.4. The fourth-order valence-electron chi connectivity index (χ4n) is 10.1. The van der Waals surface area contributed by atoms with Gasteiger partial charge in [0.05, 0.1) is 0 Å². The maximum absolute atomic E-state index is 12.9. The number of rotatable bonds is 64. The summed E-state index contributed by atoms with van der Waals surface area (Å²) in [5.74, 6) is -0.878. The summed E-state index contributed by atoms with van der Waals surface area (Å²) in [5.41, 5.74) is 0.